The highest BCUT2D eigenvalue weighted by Gasteiger charge is 2.38. The van der Waals surface area contributed by atoms with Crippen molar-refractivity contribution in [3.8, 4) is 0 Å². The Kier molecular flexibility index (Phi) is 36.2. The van der Waals surface area contributed by atoms with Gasteiger partial charge >= 0.3 is 11.9 Å². The van der Waals surface area contributed by atoms with E-state index in [-0.39, 0.29) is 35.3 Å². The van der Waals surface area contributed by atoms with Crippen molar-refractivity contribution in [3.63, 3.8) is 0 Å². The van der Waals surface area contributed by atoms with Gasteiger partial charge in [-0.2, -0.15) is 0 Å². The summed E-state index contributed by atoms with van der Waals surface area (Å²) in [5.41, 5.74) is 4.44. The number of Topliss-reactive ketones (excluding diaryl/α,β-unsaturated/α-hetero) is 2. The van der Waals surface area contributed by atoms with Gasteiger partial charge in [0.25, 0.3) is 0 Å². The number of ether oxygens (including phenoxy) is 2. The Bertz CT molecular complexity index is 2960. The first-order valence-electron chi connectivity index (χ1n) is 41.3. The van der Waals surface area contributed by atoms with E-state index in [0.717, 1.165) is 208 Å². The minimum Gasteiger partial charge on any atom is -0.425 e. The molecule has 0 heterocycles. The lowest BCUT2D eigenvalue weighted by atomic mass is 9.76. The van der Waals surface area contributed by atoms with E-state index in [1.54, 1.807) is 0 Å². The molecule has 0 N–H and O–H groups in total. The van der Waals surface area contributed by atoms with Crippen molar-refractivity contribution in [1.82, 2.24) is 0 Å². The van der Waals surface area contributed by atoms with Crippen LogP contribution in [0, 0.1) is 23.7 Å². The van der Waals surface area contributed by atoms with Crippen molar-refractivity contribution in [2.45, 2.75) is 376 Å². The zero-order chi connectivity index (χ0) is 68.3. The van der Waals surface area contributed by atoms with Crippen molar-refractivity contribution >= 4 is 78.1 Å². The first kappa shape index (κ1) is 78.5. The van der Waals surface area contributed by atoms with Crippen LogP contribution in [-0.2, 0) is 19.1 Å². The first-order chi connectivity index (χ1) is 47.1. The molecule has 0 saturated carbocycles. The Morgan fingerprint density at radius 2 is 0.490 bits per heavy atom. The average Bonchev–Trinajstić information content (AvgIpc) is 0.691. The molecule has 0 aliphatic heterocycles. The molecule has 0 bridgehead atoms. The zero-order valence-corrected chi connectivity index (χ0v) is 62.7. The number of carbonyl (C=O) groups is 4. The van der Waals surface area contributed by atoms with Gasteiger partial charge in [-0.25, -0.2) is 0 Å². The van der Waals surface area contributed by atoms with Gasteiger partial charge in [0.05, 0.1) is 11.8 Å². The standard InChI is InChI=1S/C90H136O6/c1-9-17-25-33-37-43-51-67(49-41-29-21-13-5)65-79-85(91)75-61-57-71-72-58-62-76-84-78(64-60-74(82(72)84)73-59-63-77(83(75)81(71)73)87(79)95-89(93)69(53-45-31-23-15-7)55-47-39-35-27-19-11-3)88(96-90(94)70(54-46-32-24-16-8)56-48-40-36-28-20-12-4)80(86(76)92)66-68(50-42-30-22-14-6)52-44-38-34-26-18-10-2/h57-64,67-70H,9-56,65-66H2,1-8H3. The maximum absolute atomic E-state index is 15.9. The van der Waals surface area contributed by atoms with Crippen molar-refractivity contribution in [1.29, 1.82) is 0 Å². The summed E-state index contributed by atoms with van der Waals surface area (Å²) in [6.45, 7) is 18.1. The van der Waals surface area contributed by atoms with E-state index < -0.39 is 0 Å². The molecule has 5 aromatic carbocycles. The van der Waals surface area contributed by atoms with Gasteiger partial charge in [-0.3, -0.25) is 19.2 Å². The maximum atomic E-state index is 15.9. The highest BCUT2D eigenvalue weighted by Crippen LogP contribution is 2.51. The number of ketones is 2. The van der Waals surface area contributed by atoms with E-state index in [2.05, 4.69) is 104 Å². The lowest BCUT2D eigenvalue weighted by Crippen LogP contribution is -2.23. The van der Waals surface area contributed by atoms with Gasteiger partial charge in [0.1, 0.15) is 11.5 Å². The van der Waals surface area contributed by atoms with E-state index in [0.29, 0.717) is 58.5 Å². The largest absolute Gasteiger partial charge is 0.425 e. The lowest BCUT2D eigenvalue weighted by Gasteiger charge is -2.29. The summed E-state index contributed by atoms with van der Waals surface area (Å²) in [5, 5.41) is 7.77. The normalized spacial score (nSPS) is 14.5. The minimum atomic E-state index is -0.229. The quantitative estimate of drug-likeness (QED) is 0.0167. The molecular formula is C90H136O6. The third-order valence-corrected chi connectivity index (χ3v) is 22.5. The van der Waals surface area contributed by atoms with Gasteiger partial charge in [-0.05, 0) is 107 Å². The molecule has 2 aliphatic carbocycles. The molecule has 6 heteroatoms. The van der Waals surface area contributed by atoms with Crippen molar-refractivity contribution in [2.24, 2.45) is 23.7 Å². The SMILES string of the molecule is CCCCCCCCC(CCCCCC)CC1=C(OC(=O)C(CCCCCC)CCCCCCCC)c2ccc3c4ccc5c6c(ccc(c7ccc(c2c73)C1=O)c64)C(=O)C(CC(CCCCCC)CCCCCCCC)=C5OC(=O)C(CCCCCC)CCCCCCCC. The highest BCUT2D eigenvalue weighted by atomic mass is 16.5. The van der Waals surface area contributed by atoms with Crippen LogP contribution in [0.25, 0.3) is 54.6 Å². The highest BCUT2D eigenvalue weighted by molar-refractivity contribution is 6.40. The molecule has 7 rings (SSSR count). The summed E-state index contributed by atoms with van der Waals surface area (Å²) < 4.78 is 14.1. The van der Waals surface area contributed by atoms with E-state index in [1.165, 1.54) is 154 Å². The number of carbonyl (C=O) groups excluding carboxylic acids is 4. The molecule has 0 fully saturated rings. The van der Waals surface area contributed by atoms with Crippen LogP contribution >= 0.6 is 0 Å². The molecule has 96 heavy (non-hydrogen) atoms. The summed E-state index contributed by atoms with van der Waals surface area (Å²) in [5.74, 6) is 0.803. The number of allylic oxidation sites excluding steroid dienone is 2. The van der Waals surface area contributed by atoms with Crippen LogP contribution in [0.3, 0.4) is 0 Å². The van der Waals surface area contributed by atoms with Gasteiger partial charge in [-0.1, -0.05) is 362 Å². The fraction of sp³-hybridized carbons (Fsp3) is 0.689. The molecule has 0 aromatic heterocycles. The zero-order valence-electron chi connectivity index (χ0n) is 62.7. The van der Waals surface area contributed by atoms with Gasteiger partial charge in [0.2, 0.25) is 0 Å². The van der Waals surface area contributed by atoms with Crippen LogP contribution in [0.5, 0.6) is 0 Å². The van der Waals surface area contributed by atoms with Crippen molar-refractivity contribution < 1.29 is 28.7 Å². The van der Waals surface area contributed by atoms with Crippen LogP contribution in [0.4, 0.5) is 0 Å². The number of rotatable bonds is 56. The van der Waals surface area contributed by atoms with Crippen LogP contribution in [0.15, 0.2) is 59.7 Å². The van der Waals surface area contributed by atoms with Crippen LogP contribution < -0.4 is 0 Å². The topological polar surface area (TPSA) is 86.7 Å². The third kappa shape index (κ3) is 22.6. The molecule has 4 atom stereocenters. The summed E-state index contributed by atoms with van der Waals surface area (Å²) in [7, 11) is 0. The monoisotopic (exact) mass is 1310 g/mol. The predicted molar refractivity (Wildman–Crippen MR) is 413 cm³/mol. The average molecular weight is 1310 g/mol. The van der Waals surface area contributed by atoms with Gasteiger partial charge in [-0.15, -0.1) is 0 Å². The van der Waals surface area contributed by atoms with Crippen LogP contribution in [-0.4, -0.2) is 23.5 Å². The predicted octanol–water partition coefficient (Wildman–Crippen LogP) is 28.8. The molecule has 0 radical (unpaired) electrons. The number of benzene rings is 5. The van der Waals surface area contributed by atoms with Gasteiger partial charge < -0.3 is 9.47 Å². The fourth-order valence-corrected chi connectivity index (χ4v) is 16.6. The number of hydrogen-bond donors (Lipinski definition) is 0. The number of fused-ring (bicyclic) bond motifs is 2. The summed E-state index contributed by atoms with van der Waals surface area (Å²) in [6, 6.07) is 17.2. The Balaban J connectivity index is 1.38. The summed E-state index contributed by atoms with van der Waals surface area (Å²) >= 11 is 0. The van der Waals surface area contributed by atoms with E-state index in [1.807, 2.05) is 0 Å². The second-order valence-corrected chi connectivity index (χ2v) is 30.4. The molecule has 4 unspecified atom stereocenters. The molecule has 0 spiro atoms. The van der Waals surface area contributed by atoms with Crippen molar-refractivity contribution in [3.05, 3.63) is 81.9 Å². The van der Waals surface area contributed by atoms with Crippen LogP contribution in [0.1, 0.15) is 408 Å². The van der Waals surface area contributed by atoms with Crippen molar-refractivity contribution in [2.75, 3.05) is 0 Å². The Morgan fingerprint density at radius 3 is 0.750 bits per heavy atom. The summed E-state index contributed by atoms with van der Waals surface area (Å²) in [6.07, 6.45) is 55.7. The molecule has 0 amide bonds. The summed E-state index contributed by atoms with van der Waals surface area (Å²) in [4.78, 5) is 62.4. The molecule has 532 valence electrons. The Hall–Kier alpha value is -4.84. The van der Waals surface area contributed by atoms with E-state index in [9.17, 15) is 0 Å². The number of hydrogen-bond acceptors (Lipinski definition) is 6. The number of esters is 2. The smallest absolute Gasteiger partial charge is 0.314 e. The molecule has 5 aromatic rings. The lowest BCUT2D eigenvalue weighted by molar-refractivity contribution is -0.142. The first-order valence-corrected chi connectivity index (χ1v) is 41.3. The van der Waals surface area contributed by atoms with E-state index >= 15 is 19.2 Å². The van der Waals surface area contributed by atoms with Gasteiger partial charge in [0, 0.05) is 44.2 Å². The second-order valence-electron chi connectivity index (χ2n) is 30.4. The molecule has 0 saturated heterocycles. The molecular weight excluding hydrogens is 1180 g/mol. The minimum absolute atomic E-state index is 0.00277. The maximum Gasteiger partial charge on any atom is 0.314 e. The third-order valence-electron chi connectivity index (χ3n) is 22.5. The molecule has 6 nitrogen and oxygen atoms in total. The molecule has 2 aliphatic rings. The van der Waals surface area contributed by atoms with E-state index in [4.69, 9.17) is 9.47 Å². The fourth-order valence-electron chi connectivity index (χ4n) is 16.6. The Labute approximate surface area is 585 Å². The number of unbranched alkanes of at least 4 members (excludes halogenated alkanes) is 32. The Morgan fingerprint density at radius 1 is 0.271 bits per heavy atom. The van der Waals surface area contributed by atoms with Crippen LogP contribution in [0.2, 0.25) is 0 Å². The second kappa shape index (κ2) is 44.3. The van der Waals surface area contributed by atoms with Gasteiger partial charge in [0.15, 0.2) is 11.6 Å².